The number of hydrogen-bond donors (Lipinski definition) is 1. The van der Waals surface area contributed by atoms with Gasteiger partial charge in [0, 0.05) is 22.8 Å². The van der Waals surface area contributed by atoms with Crippen LogP contribution >= 0.6 is 27.7 Å². The quantitative estimate of drug-likeness (QED) is 0.905. The van der Waals surface area contributed by atoms with Crippen molar-refractivity contribution >= 4 is 39.3 Å². The molecule has 0 fully saturated rings. The van der Waals surface area contributed by atoms with Gasteiger partial charge < -0.3 is 10.1 Å². The number of rotatable bonds is 5. The van der Waals surface area contributed by atoms with E-state index in [0.717, 1.165) is 15.7 Å². The molecule has 1 aromatic rings. The lowest BCUT2D eigenvalue weighted by Crippen LogP contribution is -2.22. The largest absolute Gasteiger partial charge is 0.380 e. The first-order chi connectivity index (χ1) is 8.10. The summed E-state index contributed by atoms with van der Waals surface area (Å²) in [6.45, 7) is 2.35. The van der Waals surface area contributed by atoms with Crippen LogP contribution < -0.4 is 5.32 Å². The smallest absolute Gasteiger partial charge is 0.237 e. The fourth-order valence-electron chi connectivity index (χ4n) is 1.31. The van der Waals surface area contributed by atoms with E-state index in [2.05, 4.69) is 21.2 Å². The van der Waals surface area contributed by atoms with Gasteiger partial charge >= 0.3 is 0 Å². The van der Waals surface area contributed by atoms with Crippen LogP contribution in [0.3, 0.4) is 0 Å². The third-order valence-corrected chi connectivity index (χ3v) is 4.05. The van der Waals surface area contributed by atoms with Crippen molar-refractivity contribution in [2.75, 3.05) is 18.7 Å². The summed E-state index contributed by atoms with van der Waals surface area (Å²) in [5.74, 6) is 0.00736. The molecule has 0 spiro atoms. The van der Waals surface area contributed by atoms with Crippen LogP contribution in [0.5, 0.6) is 0 Å². The van der Waals surface area contributed by atoms with E-state index in [1.807, 2.05) is 31.4 Å². The SMILES string of the molecule is COCc1c(Br)cccc1NC(=O)[C@@H](C)SC. The average molecular weight is 318 g/mol. The van der Waals surface area contributed by atoms with Crippen molar-refractivity contribution in [2.45, 2.75) is 18.8 Å². The first-order valence-electron chi connectivity index (χ1n) is 5.20. The zero-order valence-corrected chi connectivity index (χ0v) is 12.5. The number of nitrogens with one attached hydrogen (secondary N) is 1. The number of anilines is 1. The summed E-state index contributed by atoms with van der Waals surface area (Å²) >= 11 is 4.98. The number of ether oxygens (including phenoxy) is 1. The molecule has 0 saturated heterocycles. The maximum atomic E-state index is 11.8. The highest BCUT2D eigenvalue weighted by atomic mass is 79.9. The van der Waals surface area contributed by atoms with Crippen LogP contribution in [-0.4, -0.2) is 24.5 Å². The zero-order chi connectivity index (χ0) is 12.8. The Morgan fingerprint density at radius 3 is 2.88 bits per heavy atom. The normalized spacial score (nSPS) is 12.2. The predicted octanol–water partition coefficient (Wildman–Crippen LogP) is 3.29. The number of thioether (sulfide) groups is 1. The third-order valence-electron chi connectivity index (χ3n) is 2.39. The van der Waals surface area contributed by atoms with Gasteiger partial charge in [-0.2, -0.15) is 11.8 Å². The molecule has 1 rings (SSSR count). The highest BCUT2D eigenvalue weighted by molar-refractivity contribution is 9.10. The van der Waals surface area contributed by atoms with E-state index >= 15 is 0 Å². The molecule has 0 unspecified atom stereocenters. The van der Waals surface area contributed by atoms with E-state index in [9.17, 15) is 4.79 Å². The molecule has 1 aromatic carbocycles. The minimum atomic E-state index is -0.0654. The maximum absolute atomic E-state index is 11.8. The van der Waals surface area contributed by atoms with Crippen molar-refractivity contribution in [3.05, 3.63) is 28.2 Å². The summed E-state index contributed by atoms with van der Waals surface area (Å²) < 4.78 is 6.07. The zero-order valence-electron chi connectivity index (χ0n) is 10.1. The lowest BCUT2D eigenvalue weighted by atomic mass is 10.2. The Balaban J connectivity index is 2.90. The summed E-state index contributed by atoms with van der Waals surface area (Å²) in [7, 11) is 1.63. The lowest BCUT2D eigenvalue weighted by Gasteiger charge is -2.14. The van der Waals surface area contributed by atoms with Crippen molar-refractivity contribution < 1.29 is 9.53 Å². The molecule has 1 amide bonds. The Morgan fingerprint density at radius 2 is 2.29 bits per heavy atom. The second-order valence-electron chi connectivity index (χ2n) is 3.57. The lowest BCUT2D eigenvalue weighted by molar-refractivity contribution is -0.115. The van der Waals surface area contributed by atoms with Crippen molar-refractivity contribution in [1.29, 1.82) is 0 Å². The number of methoxy groups -OCH3 is 1. The van der Waals surface area contributed by atoms with Gasteiger partial charge in [0.15, 0.2) is 0 Å². The summed E-state index contributed by atoms with van der Waals surface area (Å²) in [4.78, 5) is 11.8. The number of benzene rings is 1. The molecule has 1 N–H and O–H groups in total. The van der Waals surface area contributed by atoms with E-state index in [4.69, 9.17) is 4.74 Å². The fourth-order valence-corrected chi connectivity index (χ4v) is 2.06. The second-order valence-corrected chi connectivity index (χ2v) is 5.60. The van der Waals surface area contributed by atoms with Gasteiger partial charge in [-0.3, -0.25) is 4.79 Å². The van der Waals surface area contributed by atoms with Crippen molar-refractivity contribution in [3.8, 4) is 0 Å². The van der Waals surface area contributed by atoms with Gasteiger partial charge in [0.1, 0.15) is 0 Å². The summed E-state index contributed by atoms with van der Waals surface area (Å²) in [6, 6.07) is 5.70. The van der Waals surface area contributed by atoms with Gasteiger partial charge in [-0.25, -0.2) is 0 Å². The van der Waals surface area contributed by atoms with Crippen molar-refractivity contribution in [1.82, 2.24) is 0 Å². The number of carbonyl (C=O) groups is 1. The minimum Gasteiger partial charge on any atom is -0.380 e. The number of hydrogen-bond acceptors (Lipinski definition) is 3. The molecule has 0 saturated carbocycles. The standard InChI is InChI=1S/C12H16BrNO2S/c1-8(17-3)12(15)14-11-6-4-5-10(13)9(11)7-16-2/h4-6,8H,7H2,1-3H3,(H,14,15)/t8-/m1/s1. The van der Waals surface area contributed by atoms with Crippen LogP contribution in [0.15, 0.2) is 22.7 Å². The van der Waals surface area contributed by atoms with E-state index in [-0.39, 0.29) is 11.2 Å². The molecule has 0 heterocycles. The number of halogens is 1. The van der Waals surface area contributed by atoms with E-state index in [1.54, 1.807) is 7.11 Å². The van der Waals surface area contributed by atoms with Crippen molar-refractivity contribution in [3.63, 3.8) is 0 Å². The van der Waals surface area contributed by atoms with Crippen LogP contribution in [0.2, 0.25) is 0 Å². The topological polar surface area (TPSA) is 38.3 Å². The Labute approximate surface area is 114 Å². The second kappa shape index (κ2) is 7.03. The third kappa shape index (κ3) is 4.01. The highest BCUT2D eigenvalue weighted by Crippen LogP contribution is 2.26. The molecule has 0 bridgehead atoms. The molecule has 0 aliphatic rings. The minimum absolute atomic E-state index is 0.00736. The Bertz CT molecular complexity index is 398. The molecular formula is C12H16BrNO2S. The molecule has 0 aliphatic heterocycles. The van der Waals surface area contributed by atoms with Gasteiger partial charge in [-0.05, 0) is 25.3 Å². The monoisotopic (exact) mass is 317 g/mol. The van der Waals surface area contributed by atoms with E-state index < -0.39 is 0 Å². The number of carbonyl (C=O) groups excluding carboxylic acids is 1. The molecule has 17 heavy (non-hydrogen) atoms. The van der Waals surface area contributed by atoms with Gasteiger partial charge in [-0.15, -0.1) is 0 Å². The van der Waals surface area contributed by atoms with Gasteiger partial charge in [0.05, 0.1) is 11.9 Å². The summed E-state index contributed by atoms with van der Waals surface area (Å²) in [5, 5.41) is 2.85. The van der Waals surface area contributed by atoms with Crippen LogP contribution in [0.25, 0.3) is 0 Å². The Morgan fingerprint density at radius 1 is 1.59 bits per heavy atom. The van der Waals surface area contributed by atoms with Crippen LogP contribution in [0.1, 0.15) is 12.5 Å². The molecular weight excluding hydrogens is 302 g/mol. The van der Waals surface area contributed by atoms with Crippen molar-refractivity contribution in [2.24, 2.45) is 0 Å². The molecule has 94 valence electrons. The maximum Gasteiger partial charge on any atom is 0.237 e. The average Bonchev–Trinajstić information content (AvgIpc) is 2.32. The van der Waals surface area contributed by atoms with Gasteiger partial charge in [0.2, 0.25) is 5.91 Å². The first-order valence-corrected chi connectivity index (χ1v) is 7.28. The van der Waals surface area contributed by atoms with Crippen LogP contribution in [0, 0.1) is 0 Å². The summed E-state index contributed by atoms with van der Waals surface area (Å²) in [5.41, 5.74) is 1.75. The predicted molar refractivity (Wildman–Crippen MR) is 76.5 cm³/mol. The van der Waals surface area contributed by atoms with E-state index in [1.165, 1.54) is 11.8 Å². The molecule has 3 nitrogen and oxygen atoms in total. The summed E-state index contributed by atoms with van der Waals surface area (Å²) in [6.07, 6.45) is 1.92. The molecule has 1 atom stereocenters. The molecule has 5 heteroatoms. The molecule has 0 aromatic heterocycles. The Kier molecular flexibility index (Phi) is 6.02. The van der Waals surface area contributed by atoms with Crippen LogP contribution in [0.4, 0.5) is 5.69 Å². The molecule has 0 radical (unpaired) electrons. The van der Waals surface area contributed by atoms with Gasteiger partial charge in [-0.1, -0.05) is 22.0 Å². The van der Waals surface area contributed by atoms with Gasteiger partial charge in [0.25, 0.3) is 0 Å². The van der Waals surface area contributed by atoms with Crippen LogP contribution in [-0.2, 0) is 16.1 Å². The molecule has 0 aliphatic carbocycles. The fraction of sp³-hybridized carbons (Fsp3) is 0.417. The number of amides is 1. The first kappa shape index (κ1) is 14.5. The highest BCUT2D eigenvalue weighted by Gasteiger charge is 2.14. The Hall–Kier alpha value is -0.520. The van der Waals surface area contributed by atoms with E-state index in [0.29, 0.717) is 6.61 Å².